The summed E-state index contributed by atoms with van der Waals surface area (Å²) in [5.74, 6) is -0.474. The molecule has 0 saturated heterocycles. The lowest BCUT2D eigenvalue weighted by atomic mass is 10.3. The van der Waals surface area contributed by atoms with Gasteiger partial charge in [0.25, 0.3) is 0 Å². The molecule has 0 atom stereocenters. The third kappa shape index (κ3) is 2.60. The van der Waals surface area contributed by atoms with Gasteiger partial charge in [0.05, 0.1) is 0 Å². The number of furan rings is 1. The molecule has 0 fully saturated rings. The smallest absolute Gasteiger partial charge is 0.372 e. The Labute approximate surface area is 82.5 Å². The molecule has 4 nitrogen and oxygen atoms in total. The molecule has 14 heavy (non-hydrogen) atoms. The average Bonchev–Trinajstić information content (AvgIpc) is 2.47. The van der Waals surface area contributed by atoms with Gasteiger partial charge in [-0.15, -0.1) is 0 Å². The van der Waals surface area contributed by atoms with Crippen molar-refractivity contribution in [2.45, 2.75) is 26.9 Å². The summed E-state index contributed by atoms with van der Waals surface area (Å²) in [6.45, 7) is 4.70. The second-order valence-electron chi connectivity index (χ2n) is 3.08. The number of carbonyl (C=O) groups is 1. The lowest BCUT2D eigenvalue weighted by Crippen LogP contribution is -1.95. The molecule has 0 spiro atoms. The first-order valence-electron chi connectivity index (χ1n) is 4.55. The van der Waals surface area contributed by atoms with Gasteiger partial charge in [-0.3, -0.25) is 0 Å². The number of ether oxygens (including phenoxy) is 1. The molecule has 0 unspecified atom stereocenters. The predicted molar refractivity (Wildman–Crippen MR) is 50.4 cm³/mol. The largest absolute Gasteiger partial charge is 0.475 e. The fraction of sp³-hybridized carbons (Fsp3) is 0.500. The highest BCUT2D eigenvalue weighted by molar-refractivity contribution is 5.86. The number of aromatic carboxylic acids is 1. The van der Waals surface area contributed by atoms with E-state index in [2.05, 4.69) is 0 Å². The molecule has 0 aliphatic heterocycles. The SMILES string of the molecule is CCCOCc1cc(C)c(C(=O)O)o1. The van der Waals surface area contributed by atoms with Crippen LogP contribution in [0.1, 0.15) is 35.2 Å². The van der Waals surface area contributed by atoms with Crippen LogP contribution < -0.4 is 0 Å². The highest BCUT2D eigenvalue weighted by Crippen LogP contribution is 2.15. The maximum atomic E-state index is 10.6. The van der Waals surface area contributed by atoms with Crippen molar-refractivity contribution < 1.29 is 19.1 Å². The Hall–Kier alpha value is -1.29. The number of rotatable bonds is 5. The maximum Gasteiger partial charge on any atom is 0.372 e. The van der Waals surface area contributed by atoms with Gasteiger partial charge < -0.3 is 14.3 Å². The third-order valence-corrected chi connectivity index (χ3v) is 1.76. The minimum atomic E-state index is -1.04. The Kier molecular flexibility index (Phi) is 3.71. The van der Waals surface area contributed by atoms with Crippen LogP contribution in [-0.2, 0) is 11.3 Å². The fourth-order valence-corrected chi connectivity index (χ4v) is 1.15. The van der Waals surface area contributed by atoms with Crippen LogP contribution in [0.4, 0.5) is 0 Å². The molecule has 1 aromatic heterocycles. The van der Waals surface area contributed by atoms with Gasteiger partial charge in [-0.25, -0.2) is 4.79 Å². The molecular formula is C10H14O4. The Morgan fingerprint density at radius 3 is 2.86 bits per heavy atom. The summed E-state index contributed by atoms with van der Waals surface area (Å²) in [6.07, 6.45) is 0.936. The number of hydrogen-bond donors (Lipinski definition) is 1. The van der Waals surface area contributed by atoms with Gasteiger partial charge in [-0.1, -0.05) is 6.92 Å². The summed E-state index contributed by atoms with van der Waals surface area (Å²) < 4.78 is 10.3. The van der Waals surface area contributed by atoms with Crippen molar-refractivity contribution in [3.63, 3.8) is 0 Å². The van der Waals surface area contributed by atoms with E-state index in [-0.39, 0.29) is 5.76 Å². The second kappa shape index (κ2) is 4.81. The lowest BCUT2D eigenvalue weighted by Gasteiger charge is -1.97. The normalized spacial score (nSPS) is 10.4. The molecule has 0 bridgehead atoms. The van der Waals surface area contributed by atoms with Crippen LogP contribution in [0.3, 0.4) is 0 Å². The first kappa shape index (κ1) is 10.8. The molecule has 0 saturated carbocycles. The van der Waals surface area contributed by atoms with E-state index in [4.69, 9.17) is 14.3 Å². The first-order valence-corrected chi connectivity index (χ1v) is 4.55. The summed E-state index contributed by atoms with van der Waals surface area (Å²) in [7, 11) is 0. The van der Waals surface area contributed by atoms with Gasteiger partial charge in [0.15, 0.2) is 0 Å². The maximum absolute atomic E-state index is 10.6. The van der Waals surface area contributed by atoms with Crippen molar-refractivity contribution in [1.29, 1.82) is 0 Å². The zero-order valence-corrected chi connectivity index (χ0v) is 8.37. The van der Waals surface area contributed by atoms with Crippen LogP contribution in [-0.4, -0.2) is 17.7 Å². The first-order chi connectivity index (χ1) is 6.65. The van der Waals surface area contributed by atoms with Crippen molar-refractivity contribution in [2.24, 2.45) is 0 Å². The molecular weight excluding hydrogens is 184 g/mol. The second-order valence-corrected chi connectivity index (χ2v) is 3.08. The van der Waals surface area contributed by atoms with Crippen LogP contribution in [0.5, 0.6) is 0 Å². The van der Waals surface area contributed by atoms with Crippen LogP contribution >= 0.6 is 0 Å². The van der Waals surface area contributed by atoms with Crippen molar-refractivity contribution in [3.8, 4) is 0 Å². The van der Waals surface area contributed by atoms with E-state index in [9.17, 15) is 4.79 Å². The molecule has 0 radical (unpaired) electrons. The van der Waals surface area contributed by atoms with Gasteiger partial charge in [-0.05, 0) is 19.4 Å². The standard InChI is InChI=1S/C10H14O4/c1-3-4-13-6-8-5-7(2)9(14-8)10(11)12/h5H,3-4,6H2,1-2H3,(H,11,12). The Morgan fingerprint density at radius 1 is 1.64 bits per heavy atom. The van der Waals surface area contributed by atoms with Crippen LogP contribution in [0.15, 0.2) is 10.5 Å². The van der Waals surface area contributed by atoms with Gasteiger partial charge in [0.1, 0.15) is 12.4 Å². The molecule has 1 rings (SSSR count). The Balaban J connectivity index is 2.62. The highest BCUT2D eigenvalue weighted by atomic mass is 16.5. The van der Waals surface area contributed by atoms with Crippen molar-refractivity contribution in [1.82, 2.24) is 0 Å². The lowest BCUT2D eigenvalue weighted by molar-refractivity contribution is 0.0646. The number of hydrogen-bond acceptors (Lipinski definition) is 3. The minimum Gasteiger partial charge on any atom is -0.475 e. The summed E-state index contributed by atoms with van der Waals surface area (Å²) in [5.41, 5.74) is 0.632. The fourth-order valence-electron chi connectivity index (χ4n) is 1.15. The zero-order valence-electron chi connectivity index (χ0n) is 8.37. The van der Waals surface area contributed by atoms with E-state index in [0.717, 1.165) is 6.42 Å². The van der Waals surface area contributed by atoms with Gasteiger partial charge in [0.2, 0.25) is 5.76 Å². The average molecular weight is 198 g/mol. The number of aryl methyl sites for hydroxylation is 1. The molecule has 0 amide bonds. The number of carboxylic acid groups (broad SMARTS) is 1. The minimum absolute atomic E-state index is 0.0000912. The molecule has 1 aromatic rings. The predicted octanol–water partition coefficient (Wildman–Crippen LogP) is 2.21. The van der Waals surface area contributed by atoms with Crippen LogP contribution in [0, 0.1) is 6.92 Å². The third-order valence-electron chi connectivity index (χ3n) is 1.76. The molecule has 1 N–H and O–H groups in total. The van der Waals surface area contributed by atoms with Crippen LogP contribution in [0.2, 0.25) is 0 Å². The van der Waals surface area contributed by atoms with Crippen molar-refractivity contribution in [3.05, 3.63) is 23.2 Å². The summed E-state index contributed by atoms with van der Waals surface area (Å²) in [6, 6.07) is 1.69. The van der Waals surface area contributed by atoms with Gasteiger partial charge >= 0.3 is 5.97 Å². The van der Waals surface area contributed by atoms with Crippen LogP contribution in [0.25, 0.3) is 0 Å². The number of carboxylic acids is 1. The van der Waals surface area contributed by atoms with Crippen molar-refractivity contribution in [2.75, 3.05) is 6.61 Å². The van der Waals surface area contributed by atoms with E-state index in [1.54, 1.807) is 13.0 Å². The molecule has 0 aliphatic carbocycles. The zero-order chi connectivity index (χ0) is 10.6. The van der Waals surface area contributed by atoms with E-state index in [1.807, 2.05) is 6.92 Å². The molecule has 1 heterocycles. The summed E-state index contributed by atoms with van der Waals surface area (Å²) >= 11 is 0. The highest BCUT2D eigenvalue weighted by Gasteiger charge is 2.13. The van der Waals surface area contributed by atoms with E-state index in [0.29, 0.717) is 24.5 Å². The van der Waals surface area contributed by atoms with E-state index in [1.165, 1.54) is 0 Å². The molecule has 0 aromatic carbocycles. The van der Waals surface area contributed by atoms with E-state index >= 15 is 0 Å². The monoisotopic (exact) mass is 198 g/mol. The summed E-state index contributed by atoms with van der Waals surface area (Å²) in [5, 5.41) is 8.72. The molecule has 78 valence electrons. The quantitative estimate of drug-likeness (QED) is 0.737. The summed E-state index contributed by atoms with van der Waals surface area (Å²) in [4.78, 5) is 10.6. The molecule has 4 heteroatoms. The Bertz CT molecular complexity index is 314. The topological polar surface area (TPSA) is 59.7 Å². The van der Waals surface area contributed by atoms with Crippen molar-refractivity contribution >= 4 is 5.97 Å². The van der Waals surface area contributed by atoms with E-state index < -0.39 is 5.97 Å². The van der Waals surface area contributed by atoms with Gasteiger partial charge in [0, 0.05) is 12.2 Å². The van der Waals surface area contributed by atoms with Gasteiger partial charge in [-0.2, -0.15) is 0 Å². The molecule has 0 aliphatic rings. The Morgan fingerprint density at radius 2 is 2.36 bits per heavy atom.